The highest BCUT2D eigenvalue weighted by atomic mass is 19.1. The quantitative estimate of drug-likeness (QED) is 0.725. The Morgan fingerprint density at radius 1 is 1.36 bits per heavy atom. The number of rotatable bonds is 5. The number of aromatic nitrogens is 2. The molecule has 1 unspecified atom stereocenters. The van der Waals surface area contributed by atoms with Crippen molar-refractivity contribution in [1.82, 2.24) is 14.9 Å². The van der Waals surface area contributed by atoms with Crippen LogP contribution >= 0.6 is 0 Å². The van der Waals surface area contributed by atoms with E-state index in [1.807, 2.05) is 45.9 Å². The number of nitrogens with one attached hydrogen (secondary N) is 1. The molecule has 144 valence electrons. The lowest BCUT2D eigenvalue weighted by Gasteiger charge is -2.21. The van der Waals surface area contributed by atoms with Crippen molar-refractivity contribution in [3.05, 3.63) is 65.2 Å². The average Bonchev–Trinajstić information content (AvgIpc) is 3.05. The van der Waals surface area contributed by atoms with E-state index in [9.17, 15) is 14.4 Å². The molecule has 1 amide bonds. The Morgan fingerprint density at radius 3 is 2.79 bits per heavy atom. The Kier molecular flexibility index (Phi) is 5.19. The van der Waals surface area contributed by atoms with Gasteiger partial charge >= 0.3 is 0 Å². The van der Waals surface area contributed by atoms with Crippen molar-refractivity contribution in [2.24, 2.45) is 0 Å². The Morgan fingerprint density at radius 2 is 2.11 bits per heavy atom. The van der Waals surface area contributed by atoms with Crippen molar-refractivity contribution in [2.45, 2.75) is 45.7 Å². The molecule has 0 saturated carbocycles. The van der Waals surface area contributed by atoms with Crippen molar-refractivity contribution in [3.8, 4) is 6.07 Å². The second-order valence-corrected chi connectivity index (χ2v) is 7.58. The maximum absolute atomic E-state index is 14.1. The van der Waals surface area contributed by atoms with Crippen molar-refractivity contribution < 1.29 is 9.18 Å². The summed E-state index contributed by atoms with van der Waals surface area (Å²) in [6.45, 7) is 7.61. The minimum atomic E-state index is -0.567. The van der Waals surface area contributed by atoms with E-state index in [1.54, 1.807) is 12.1 Å². The normalized spacial score (nSPS) is 12.6. The largest absolute Gasteiger partial charge is 0.348 e. The fourth-order valence-corrected chi connectivity index (χ4v) is 3.34. The molecule has 1 atom stereocenters. The van der Waals surface area contributed by atoms with Gasteiger partial charge in [0.15, 0.2) is 0 Å². The van der Waals surface area contributed by atoms with Crippen LogP contribution in [0.5, 0.6) is 0 Å². The fraction of sp³-hybridized carbons (Fsp3) is 0.318. The predicted molar refractivity (Wildman–Crippen MR) is 106 cm³/mol. The van der Waals surface area contributed by atoms with Gasteiger partial charge in [0.25, 0.3) is 0 Å². The number of halogens is 1. The minimum absolute atomic E-state index is 0.0135. The zero-order valence-corrected chi connectivity index (χ0v) is 16.5. The maximum atomic E-state index is 14.1. The zero-order chi connectivity index (χ0) is 20.5. The van der Waals surface area contributed by atoms with E-state index in [4.69, 9.17) is 0 Å². The number of hydrogen-bond donors (Lipinski definition) is 1. The van der Waals surface area contributed by atoms with Crippen LogP contribution in [-0.2, 0) is 16.8 Å². The van der Waals surface area contributed by atoms with Gasteiger partial charge in [0, 0.05) is 0 Å². The van der Waals surface area contributed by atoms with Crippen LogP contribution in [0.3, 0.4) is 0 Å². The Labute approximate surface area is 163 Å². The van der Waals surface area contributed by atoms with Crippen LogP contribution in [0.2, 0.25) is 0 Å². The smallest absolute Gasteiger partial charge is 0.240 e. The molecule has 0 bridgehead atoms. The van der Waals surface area contributed by atoms with Crippen molar-refractivity contribution >= 4 is 16.9 Å². The van der Waals surface area contributed by atoms with Crippen LogP contribution in [-0.4, -0.2) is 15.5 Å². The SMILES string of the molecule is Cc1cc(C(C)(C)C#N)ccc1C(C)NC(=O)Cn1cnc2cccc(F)c21. The first-order chi connectivity index (χ1) is 13.2. The topological polar surface area (TPSA) is 70.7 Å². The summed E-state index contributed by atoms with van der Waals surface area (Å²) in [5.74, 6) is -0.627. The van der Waals surface area contributed by atoms with Crippen LogP contribution in [0, 0.1) is 24.1 Å². The number of aryl methyl sites for hydroxylation is 1. The van der Waals surface area contributed by atoms with Gasteiger partial charge in [-0.2, -0.15) is 5.26 Å². The van der Waals surface area contributed by atoms with Gasteiger partial charge in [0.05, 0.1) is 29.4 Å². The second kappa shape index (κ2) is 7.43. The molecular weight excluding hydrogens is 355 g/mol. The van der Waals surface area contributed by atoms with E-state index in [1.165, 1.54) is 17.0 Å². The molecule has 2 aromatic carbocycles. The number of benzene rings is 2. The van der Waals surface area contributed by atoms with Crippen LogP contribution in [0.4, 0.5) is 4.39 Å². The molecule has 1 aromatic heterocycles. The molecule has 3 aromatic rings. The van der Waals surface area contributed by atoms with E-state index >= 15 is 0 Å². The van der Waals surface area contributed by atoms with Gasteiger partial charge in [-0.25, -0.2) is 9.37 Å². The van der Waals surface area contributed by atoms with E-state index in [0.717, 1.165) is 16.7 Å². The molecule has 0 aliphatic heterocycles. The molecule has 0 fully saturated rings. The number of carbonyl (C=O) groups excluding carboxylic acids is 1. The summed E-state index contributed by atoms with van der Waals surface area (Å²) >= 11 is 0. The number of carbonyl (C=O) groups is 1. The van der Waals surface area contributed by atoms with Crippen LogP contribution in [0.1, 0.15) is 43.5 Å². The van der Waals surface area contributed by atoms with E-state index in [2.05, 4.69) is 16.4 Å². The average molecular weight is 378 g/mol. The number of fused-ring (bicyclic) bond motifs is 1. The molecule has 0 aliphatic rings. The van der Waals surface area contributed by atoms with E-state index in [0.29, 0.717) is 11.0 Å². The first-order valence-electron chi connectivity index (χ1n) is 9.14. The number of imidazole rings is 1. The predicted octanol–water partition coefficient (Wildman–Crippen LogP) is 4.16. The van der Waals surface area contributed by atoms with Gasteiger partial charge in [-0.15, -0.1) is 0 Å². The van der Waals surface area contributed by atoms with Crippen molar-refractivity contribution in [1.29, 1.82) is 5.26 Å². The van der Waals surface area contributed by atoms with Gasteiger partial charge in [-0.3, -0.25) is 4.79 Å². The van der Waals surface area contributed by atoms with Gasteiger partial charge in [-0.1, -0.05) is 24.3 Å². The standard InChI is InChI=1S/C22H23FN4O/c1-14-10-16(22(3,4)12-24)8-9-17(14)15(2)26-20(28)11-27-13-25-19-7-5-6-18(23)21(19)27/h5-10,13,15H,11H2,1-4H3,(H,26,28). The van der Waals surface area contributed by atoms with E-state index in [-0.39, 0.29) is 18.5 Å². The summed E-state index contributed by atoms with van der Waals surface area (Å²) in [7, 11) is 0. The Balaban J connectivity index is 1.75. The number of amides is 1. The van der Waals surface area contributed by atoms with Crippen LogP contribution in [0.15, 0.2) is 42.7 Å². The van der Waals surface area contributed by atoms with Crippen LogP contribution < -0.4 is 5.32 Å². The van der Waals surface area contributed by atoms with Gasteiger partial charge in [-0.05, 0) is 56.5 Å². The third-order valence-electron chi connectivity index (χ3n) is 5.02. The molecule has 0 spiro atoms. The summed E-state index contributed by atoms with van der Waals surface area (Å²) in [5, 5.41) is 12.3. The van der Waals surface area contributed by atoms with Crippen molar-refractivity contribution in [2.75, 3.05) is 0 Å². The number of nitrogens with zero attached hydrogens (tertiary/aromatic N) is 3. The van der Waals surface area contributed by atoms with Crippen LogP contribution in [0.25, 0.3) is 11.0 Å². The van der Waals surface area contributed by atoms with Gasteiger partial charge in [0.1, 0.15) is 17.9 Å². The summed E-state index contributed by atoms with van der Waals surface area (Å²) in [5.41, 5.74) is 3.20. The lowest BCUT2D eigenvalue weighted by Crippen LogP contribution is -2.30. The highest BCUT2D eigenvalue weighted by Gasteiger charge is 2.21. The Bertz CT molecular complexity index is 1080. The minimum Gasteiger partial charge on any atom is -0.348 e. The molecule has 1 heterocycles. The number of nitriles is 1. The fourth-order valence-electron chi connectivity index (χ4n) is 3.34. The second-order valence-electron chi connectivity index (χ2n) is 7.58. The zero-order valence-electron chi connectivity index (χ0n) is 16.5. The summed E-state index contributed by atoms with van der Waals surface area (Å²) in [6, 6.07) is 12.6. The van der Waals surface area contributed by atoms with Gasteiger partial charge in [0.2, 0.25) is 5.91 Å². The molecule has 0 saturated heterocycles. The molecular formula is C22H23FN4O. The number of hydrogen-bond acceptors (Lipinski definition) is 3. The molecule has 0 aliphatic carbocycles. The molecule has 0 radical (unpaired) electrons. The highest BCUT2D eigenvalue weighted by molar-refractivity contribution is 5.81. The first kappa shape index (κ1) is 19.6. The summed E-state index contributed by atoms with van der Waals surface area (Å²) in [6.07, 6.45) is 1.47. The van der Waals surface area contributed by atoms with Gasteiger partial charge < -0.3 is 9.88 Å². The third kappa shape index (κ3) is 3.74. The molecule has 6 heteroatoms. The van der Waals surface area contributed by atoms with Crippen molar-refractivity contribution in [3.63, 3.8) is 0 Å². The monoisotopic (exact) mass is 378 g/mol. The number of para-hydroxylation sites is 1. The first-order valence-corrected chi connectivity index (χ1v) is 9.14. The third-order valence-corrected chi connectivity index (χ3v) is 5.02. The molecule has 1 N–H and O–H groups in total. The molecule has 28 heavy (non-hydrogen) atoms. The molecule has 3 rings (SSSR count). The molecule has 5 nitrogen and oxygen atoms in total. The maximum Gasteiger partial charge on any atom is 0.240 e. The Hall–Kier alpha value is -3.20. The summed E-state index contributed by atoms with van der Waals surface area (Å²) < 4.78 is 15.6. The lowest BCUT2D eigenvalue weighted by atomic mass is 9.84. The van der Waals surface area contributed by atoms with E-state index < -0.39 is 11.2 Å². The lowest BCUT2D eigenvalue weighted by molar-refractivity contribution is -0.122. The summed E-state index contributed by atoms with van der Waals surface area (Å²) in [4.78, 5) is 16.6. The highest BCUT2D eigenvalue weighted by Crippen LogP contribution is 2.27.